The quantitative estimate of drug-likeness (QED) is 0.867. The molecular weight excluding hydrogens is 350 g/mol. The molecule has 120 valence electrons. The summed E-state index contributed by atoms with van der Waals surface area (Å²) in [5.41, 5.74) is -1.01. The van der Waals surface area contributed by atoms with Crippen molar-refractivity contribution in [2.24, 2.45) is 0 Å². The minimum absolute atomic E-state index is 0.111. The number of rotatable bonds is 2. The summed E-state index contributed by atoms with van der Waals surface area (Å²) in [6, 6.07) is 7.25. The van der Waals surface area contributed by atoms with Gasteiger partial charge in [-0.25, -0.2) is 4.79 Å². The van der Waals surface area contributed by atoms with Crippen LogP contribution < -0.4 is 0 Å². The molecule has 1 fully saturated rings. The number of hydrogen-bond acceptors (Lipinski definition) is 3. The van der Waals surface area contributed by atoms with Crippen LogP contribution in [0.25, 0.3) is 0 Å². The number of amides is 1. The molecule has 1 aromatic rings. The minimum atomic E-state index is -1.10. The number of likely N-dealkylation sites (tertiary alicyclic amines) is 1. The highest BCUT2D eigenvalue weighted by molar-refractivity contribution is 9.10. The fourth-order valence-electron chi connectivity index (χ4n) is 2.65. The molecule has 1 aliphatic rings. The Morgan fingerprint density at radius 1 is 1.32 bits per heavy atom. The molecule has 0 radical (unpaired) electrons. The molecule has 1 atom stereocenters. The lowest BCUT2D eigenvalue weighted by molar-refractivity contribution is -0.143. The van der Waals surface area contributed by atoms with Gasteiger partial charge in [-0.05, 0) is 38.8 Å². The number of carboxylic acid groups (broad SMARTS) is 1. The largest absolute Gasteiger partial charge is 0.481 e. The molecule has 1 saturated heterocycles. The van der Waals surface area contributed by atoms with Gasteiger partial charge in [0, 0.05) is 17.6 Å². The normalized spacial score (nSPS) is 21.7. The third-order valence-corrected chi connectivity index (χ3v) is 4.41. The molecule has 5 nitrogen and oxygen atoms in total. The van der Waals surface area contributed by atoms with Crippen LogP contribution in [0, 0.1) is 0 Å². The zero-order valence-corrected chi connectivity index (χ0v) is 14.5. The monoisotopic (exact) mass is 369 g/mol. The van der Waals surface area contributed by atoms with Crippen LogP contribution in [-0.2, 0) is 14.9 Å². The van der Waals surface area contributed by atoms with E-state index in [1.165, 1.54) is 4.90 Å². The number of aliphatic carboxylic acids is 1. The van der Waals surface area contributed by atoms with Gasteiger partial charge in [0.25, 0.3) is 0 Å². The molecule has 0 bridgehead atoms. The van der Waals surface area contributed by atoms with E-state index in [0.29, 0.717) is 18.5 Å². The Hall–Kier alpha value is -1.56. The molecule has 1 heterocycles. The van der Waals surface area contributed by atoms with Crippen molar-refractivity contribution < 1.29 is 19.4 Å². The number of carboxylic acids is 1. The highest BCUT2D eigenvalue weighted by Gasteiger charge is 2.49. The summed E-state index contributed by atoms with van der Waals surface area (Å²) in [6.45, 7) is 5.85. The fourth-order valence-corrected chi connectivity index (χ4v) is 3.32. The van der Waals surface area contributed by atoms with Gasteiger partial charge in [0.05, 0.1) is 0 Å². The van der Waals surface area contributed by atoms with E-state index in [2.05, 4.69) is 15.9 Å². The minimum Gasteiger partial charge on any atom is -0.481 e. The smallest absolute Gasteiger partial charge is 0.410 e. The summed E-state index contributed by atoms with van der Waals surface area (Å²) in [6.07, 6.45) is -0.104. The molecule has 6 heteroatoms. The van der Waals surface area contributed by atoms with Crippen LogP contribution >= 0.6 is 15.9 Å². The van der Waals surface area contributed by atoms with E-state index < -0.39 is 23.1 Å². The number of ether oxygens (including phenoxy) is 1. The van der Waals surface area contributed by atoms with E-state index in [1.807, 2.05) is 12.1 Å². The van der Waals surface area contributed by atoms with E-state index in [9.17, 15) is 14.7 Å². The Bertz CT molecular complexity index is 596. The van der Waals surface area contributed by atoms with Gasteiger partial charge >= 0.3 is 12.1 Å². The Morgan fingerprint density at radius 3 is 2.50 bits per heavy atom. The van der Waals surface area contributed by atoms with Gasteiger partial charge in [-0.2, -0.15) is 0 Å². The second-order valence-corrected chi connectivity index (χ2v) is 7.37. The predicted octanol–water partition coefficient (Wildman–Crippen LogP) is 3.41. The third-order valence-electron chi connectivity index (χ3n) is 3.72. The molecule has 0 saturated carbocycles. The first-order chi connectivity index (χ1) is 10.2. The SMILES string of the molecule is CC(C)(C)OC(=O)N1CCC(C(=O)O)(c2ccccc2Br)C1. The summed E-state index contributed by atoms with van der Waals surface area (Å²) in [4.78, 5) is 25.6. The number of benzene rings is 1. The van der Waals surface area contributed by atoms with Crippen molar-refractivity contribution >= 4 is 28.0 Å². The molecule has 1 amide bonds. The lowest BCUT2D eigenvalue weighted by Crippen LogP contribution is -2.42. The Balaban J connectivity index is 2.28. The molecule has 0 aromatic heterocycles. The number of carbonyl (C=O) groups is 2. The maximum Gasteiger partial charge on any atom is 0.410 e. The van der Waals surface area contributed by atoms with Gasteiger partial charge in [0.2, 0.25) is 0 Å². The summed E-state index contributed by atoms with van der Waals surface area (Å²) in [5, 5.41) is 9.77. The number of hydrogen-bond donors (Lipinski definition) is 1. The molecule has 1 aliphatic heterocycles. The molecule has 1 aromatic carbocycles. The first-order valence-corrected chi connectivity index (χ1v) is 7.91. The molecule has 0 spiro atoms. The average Bonchev–Trinajstić information content (AvgIpc) is 2.83. The number of nitrogens with zero attached hydrogens (tertiary/aromatic N) is 1. The van der Waals surface area contributed by atoms with Gasteiger partial charge in [0.1, 0.15) is 11.0 Å². The molecule has 2 rings (SSSR count). The highest BCUT2D eigenvalue weighted by atomic mass is 79.9. The van der Waals surface area contributed by atoms with Gasteiger partial charge in [-0.15, -0.1) is 0 Å². The van der Waals surface area contributed by atoms with E-state index >= 15 is 0 Å². The van der Waals surface area contributed by atoms with Crippen molar-refractivity contribution in [3.05, 3.63) is 34.3 Å². The van der Waals surface area contributed by atoms with E-state index in [1.54, 1.807) is 32.9 Å². The summed E-state index contributed by atoms with van der Waals surface area (Å²) in [5.74, 6) is -0.926. The average molecular weight is 370 g/mol. The van der Waals surface area contributed by atoms with Crippen LogP contribution in [0.2, 0.25) is 0 Å². The lowest BCUT2D eigenvalue weighted by Gasteiger charge is -2.28. The van der Waals surface area contributed by atoms with Crippen molar-refractivity contribution in [2.75, 3.05) is 13.1 Å². The van der Waals surface area contributed by atoms with Gasteiger partial charge in [-0.1, -0.05) is 34.1 Å². The zero-order valence-electron chi connectivity index (χ0n) is 12.9. The molecule has 22 heavy (non-hydrogen) atoms. The first kappa shape index (κ1) is 16.8. The third kappa shape index (κ3) is 3.27. The van der Waals surface area contributed by atoms with Crippen molar-refractivity contribution in [2.45, 2.75) is 38.2 Å². The topological polar surface area (TPSA) is 66.8 Å². The first-order valence-electron chi connectivity index (χ1n) is 7.12. The Morgan fingerprint density at radius 2 is 1.95 bits per heavy atom. The van der Waals surface area contributed by atoms with E-state index in [4.69, 9.17) is 4.74 Å². The van der Waals surface area contributed by atoms with Gasteiger partial charge in [0.15, 0.2) is 0 Å². The summed E-state index contributed by atoms with van der Waals surface area (Å²) in [7, 11) is 0. The molecule has 1 unspecified atom stereocenters. The van der Waals surface area contributed by atoms with Crippen LogP contribution in [0.15, 0.2) is 28.7 Å². The molecule has 0 aliphatic carbocycles. The van der Waals surface area contributed by atoms with Gasteiger partial charge in [-0.3, -0.25) is 4.79 Å². The van der Waals surface area contributed by atoms with Crippen molar-refractivity contribution in [1.29, 1.82) is 0 Å². The predicted molar refractivity (Wildman–Crippen MR) is 85.9 cm³/mol. The Labute approximate surface area is 138 Å². The van der Waals surface area contributed by atoms with Crippen LogP contribution in [0.1, 0.15) is 32.8 Å². The van der Waals surface area contributed by atoms with Crippen molar-refractivity contribution in [3.63, 3.8) is 0 Å². The van der Waals surface area contributed by atoms with Crippen molar-refractivity contribution in [3.8, 4) is 0 Å². The van der Waals surface area contributed by atoms with E-state index in [0.717, 1.165) is 4.47 Å². The second kappa shape index (κ2) is 5.91. The molecular formula is C16H20BrNO4. The summed E-state index contributed by atoms with van der Waals surface area (Å²) >= 11 is 3.42. The lowest BCUT2D eigenvalue weighted by atomic mass is 9.80. The fraction of sp³-hybridized carbons (Fsp3) is 0.500. The number of carbonyl (C=O) groups excluding carboxylic acids is 1. The highest BCUT2D eigenvalue weighted by Crippen LogP contribution is 2.39. The summed E-state index contributed by atoms with van der Waals surface area (Å²) < 4.78 is 6.08. The van der Waals surface area contributed by atoms with Crippen LogP contribution in [0.5, 0.6) is 0 Å². The maximum atomic E-state index is 12.2. The zero-order chi connectivity index (χ0) is 16.5. The van der Waals surface area contributed by atoms with Crippen LogP contribution in [-0.4, -0.2) is 40.8 Å². The molecule has 1 N–H and O–H groups in total. The van der Waals surface area contributed by atoms with Crippen LogP contribution in [0.3, 0.4) is 0 Å². The Kier molecular flexibility index (Phi) is 4.52. The van der Waals surface area contributed by atoms with Crippen molar-refractivity contribution in [1.82, 2.24) is 4.90 Å². The maximum absolute atomic E-state index is 12.2. The van der Waals surface area contributed by atoms with E-state index in [-0.39, 0.29) is 6.54 Å². The number of halogens is 1. The second-order valence-electron chi connectivity index (χ2n) is 6.52. The standard InChI is InChI=1S/C16H20BrNO4/c1-15(2,3)22-14(21)18-9-8-16(10-18,13(19)20)11-6-4-5-7-12(11)17/h4-7H,8-10H2,1-3H3,(H,19,20). The van der Waals surface area contributed by atoms with Crippen LogP contribution in [0.4, 0.5) is 4.79 Å². The van der Waals surface area contributed by atoms with Gasteiger partial charge < -0.3 is 14.7 Å².